The minimum atomic E-state index is -2.97. The molecule has 1 aliphatic heterocycles. The summed E-state index contributed by atoms with van der Waals surface area (Å²) < 4.78 is 24.1. The van der Waals surface area contributed by atoms with Gasteiger partial charge in [0.05, 0.1) is 6.26 Å². The van der Waals surface area contributed by atoms with Crippen molar-refractivity contribution >= 4 is 10.0 Å². The summed E-state index contributed by atoms with van der Waals surface area (Å²) in [5, 5.41) is 0. The van der Waals surface area contributed by atoms with Gasteiger partial charge in [0.25, 0.3) is 0 Å². The van der Waals surface area contributed by atoms with E-state index in [1.165, 1.54) is 6.26 Å². The first kappa shape index (κ1) is 11.0. The van der Waals surface area contributed by atoms with Crippen molar-refractivity contribution in [2.24, 2.45) is 11.3 Å². The Kier molecular flexibility index (Phi) is 2.74. The molecule has 0 saturated carbocycles. The van der Waals surface area contributed by atoms with Gasteiger partial charge in [0, 0.05) is 13.1 Å². The summed E-state index contributed by atoms with van der Waals surface area (Å²) in [4.78, 5) is 0. The lowest BCUT2D eigenvalue weighted by Gasteiger charge is -2.28. The molecule has 3 nitrogen and oxygen atoms in total. The SMILES string of the molecule is CC(C)[C@@]1(C)CCN(S(C)(=O)=O)C1. The average molecular weight is 205 g/mol. The zero-order valence-corrected chi connectivity index (χ0v) is 9.69. The van der Waals surface area contributed by atoms with E-state index in [9.17, 15) is 8.42 Å². The predicted molar refractivity (Wildman–Crippen MR) is 54.0 cm³/mol. The van der Waals surface area contributed by atoms with Crippen LogP contribution in [0.1, 0.15) is 27.2 Å². The van der Waals surface area contributed by atoms with Crippen molar-refractivity contribution in [1.29, 1.82) is 0 Å². The maximum Gasteiger partial charge on any atom is 0.211 e. The quantitative estimate of drug-likeness (QED) is 0.681. The highest BCUT2D eigenvalue weighted by Crippen LogP contribution is 2.37. The number of hydrogen-bond donors (Lipinski definition) is 0. The average Bonchev–Trinajstić information content (AvgIpc) is 2.31. The van der Waals surface area contributed by atoms with Gasteiger partial charge >= 0.3 is 0 Å². The summed E-state index contributed by atoms with van der Waals surface area (Å²) >= 11 is 0. The number of hydrogen-bond acceptors (Lipinski definition) is 2. The first-order valence-corrected chi connectivity index (χ1v) is 6.56. The van der Waals surface area contributed by atoms with Crippen molar-refractivity contribution < 1.29 is 8.42 Å². The van der Waals surface area contributed by atoms with Crippen LogP contribution in [-0.4, -0.2) is 32.1 Å². The van der Waals surface area contributed by atoms with Crippen molar-refractivity contribution in [1.82, 2.24) is 4.31 Å². The molecule has 0 aromatic rings. The largest absolute Gasteiger partial charge is 0.213 e. The van der Waals surface area contributed by atoms with Gasteiger partial charge in [-0.3, -0.25) is 0 Å². The van der Waals surface area contributed by atoms with Crippen molar-refractivity contribution in [3.05, 3.63) is 0 Å². The van der Waals surface area contributed by atoms with Crippen LogP contribution in [0.15, 0.2) is 0 Å². The van der Waals surface area contributed by atoms with Crippen LogP contribution in [0, 0.1) is 11.3 Å². The fraction of sp³-hybridized carbons (Fsp3) is 1.00. The molecular formula is C9H19NO2S. The summed E-state index contributed by atoms with van der Waals surface area (Å²) in [6.07, 6.45) is 2.27. The fourth-order valence-electron chi connectivity index (χ4n) is 1.70. The van der Waals surface area contributed by atoms with Gasteiger partial charge in [-0.25, -0.2) is 12.7 Å². The molecule has 0 aliphatic carbocycles. The molecule has 1 aliphatic rings. The zero-order valence-electron chi connectivity index (χ0n) is 8.87. The fourth-order valence-corrected chi connectivity index (χ4v) is 2.65. The number of nitrogens with zero attached hydrogens (tertiary/aromatic N) is 1. The minimum Gasteiger partial charge on any atom is -0.213 e. The molecule has 1 heterocycles. The van der Waals surface area contributed by atoms with Gasteiger partial charge in [-0.15, -0.1) is 0 Å². The molecule has 0 aromatic carbocycles. The van der Waals surface area contributed by atoms with Crippen molar-refractivity contribution in [2.75, 3.05) is 19.3 Å². The Bertz CT molecular complexity index is 284. The van der Waals surface area contributed by atoms with E-state index < -0.39 is 10.0 Å². The minimum absolute atomic E-state index is 0.170. The molecule has 0 amide bonds. The summed E-state index contributed by atoms with van der Waals surface area (Å²) in [7, 11) is -2.97. The van der Waals surface area contributed by atoms with Gasteiger partial charge in [0.1, 0.15) is 0 Å². The Hall–Kier alpha value is -0.0900. The van der Waals surface area contributed by atoms with Crippen molar-refractivity contribution in [3.63, 3.8) is 0 Å². The number of sulfonamides is 1. The highest BCUT2D eigenvalue weighted by molar-refractivity contribution is 7.88. The second-order valence-corrected chi connectivity index (χ2v) is 6.64. The van der Waals surface area contributed by atoms with Crippen LogP contribution in [0.3, 0.4) is 0 Å². The molecular weight excluding hydrogens is 186 g/mol. The number of rotatable bonds is 2. The normalized spacial score (nSPS) is 31.5. The van der Waals surface area contributed by atoms with Crippen LogP contribution in [-0.2, 0) is 10.0 Å². The third-order valence-corrected chi connectivity index (χ3v) is 4.58. The standard InChI is InChI=1S/C9H19NO2S/c1-8(2)9(3)5-6-10(7-9)13(4,11)12/h8H,5-7H2,1-4H3/t9-/m0/s1. The first-order chi connectivity index (χ1) is 5.76. The zero-order chi connectivity index (χ0) is 10.3. The first-order valence-electron chi connectivity index (χ1n) is 4.71. The molecule has 1 saturated heterocycles. The lowest BCUT2D eigenvalue weighted by molar-refractivity contribution is 0.236. The Morgan fingerprint density at radius 2 is 1.92 bits per heavy atom. The monoisotopic (exact) mass is 205 g/mol. The van der Waals surface area contributed by atoms with E-state index in [0.717, 1.165) is 6.42 Å². The molecule has 0 bridgehead atoms. The lowest BCUT2D eigenvalue weighted by atomic mass is 9.79. The molecule has 78 valence electrons. The second kappa shape index (κ2) is 3.24. The smallest absolute Gasteiger partial charge is 0.211 e. The van der Waals surface area contributed by atoms with Gasteiger partial charge in [-0.1, -0.05) is 20.8 Å². The van der Waals surface area contributed by atoms with Gasteiger partial charge in [0.2, 0.25) is 10.0 Å². The molecule has 1 atom stereocenters. The molecule has 1 fully saturated rings. The van der Waals surface area contributed by atoms with E-state index in [1.807, 2.05) is 0 Å². The van der Waals surface area contributed by atoms with Crippen LogP contribution >= 0.6 is 0 Å². The highest BCUT2D eigenvalue weighted by Gasteiger charge is 2.39. The lowest BCUT2D eigenvalue weighted by Crippen LogP contribution is -2.32. The van der Waals surface area contributed by atoms with Crippen LogP contribution in [0.2, 0.25) is 0 Å². The van der Waals surface area contributed by atoms with Crippen LogP contribution in [0.25, 0.3) is 0 Å². The summed E-state index contributed by atoms with van der Waals surface area (Å²) in [6, 6.07) is 0. The second-order valence-electron chi connectivity index (χ2n) is 4.66. The van der Waals surface area contributed by atoms with E-state index in [1.54, 1.807) is 4.31 Å². The van der Waals surface area contributed by atoms with Gasteiger partial charge in [0.15, 0.2) is 0 Å². The Balaban J connectivity index is 2.75. The third-order valence-electron chi connectivity index (χ3n) is 3.33. The van der Waals surface area contributed by atoms with E-state index in [4.69, 9.17) is 0 Å². The molecule has 0 unspecified atom stereocenters. The van der Waals surface area contributed by atoms with Gasteiger partial charge < -0.3 is 0 Å². The van der Waals surface area contributed by atoms with E-state index in [-0.39, 0.29) is 5.41 Å². The summed E-state index contributed by atoms with van der Waals surface area (Å²) in [5.41, 5.74) is 0.170. The maximum absolute atomic E-state index is 11.3. The van der Waals surface area contributed by atoms with Crippen LogP contribution in [0.4, 0.5) is 0 Å². The molecule has 1 rings (SSSR count). The molecule has 0 radical (unpaired) electrons. The van der Waals surface area contributed by atoms with Gasteiger partial charge in [-0.2, -0.15) is 0 Å². The Labute approximate surface area is 81.2 Å². The maximum atomic E-state index is 11.3. The summed E-state index contributed by atoms with van der Waals surface area (Å²) in [5.74, 6) is 0.541. The van der Waals surface area contributed by atoms with Crippen LogP contribution in [0.5, 0.6) is 0 Å². The molecule has 0 aromatic heterocycles. The van der Waals surface area contributed by atoms with Gasteiger partial charge in [-0.05, 0) is 17.8 Å². The molecule has 4 heteroatoms. The van der Waals surface area contributed by atoms with Crippen molar-refractivity contribution in [3.8, 4) is 0 Å². The Morgan fingerprint density at radius 3 is 2.15 bits per heavy atom. The van der Waals surface area contributed by atoms with Crippen LogP contribution < -0.4 is 0 Å². The molecule has 0 N–H and O–H groups in total. The molecule has 13 heavy (non-hydrogen) atoms. The van der Waals surface area contributed by atoms with E-state index >= 15 is 0 Å². The van der Waals surface area contributed by atoms with E-state index in [2.05, 4.69) is 20.8 Å². The van der Waals surface area contributed by atoms with E-state index in [0.29, 0.717) is 19.0 Å². The predicted octanol–water partition coefficient (Wildman–Crippen LogP) is 1.31. The highest BCUT2D eigenvalue weighted by atomic mass is 32.2. The Morgan fingerprint density at radius 1 is 1.38 bits per heavy atom. The third kappa shape index (κ3) is 2.23. The van der Waals surface area contributed by atoms with Crippen molar-refractivity contribution in [2.45, 2.75) is 27.2 Å². The molecule has 0 spiro atoms. The summed E-state index contributed by atoms with van der Waals surface area (Å²) in [6.45, 7) is 7.86. The topological polar surface area (TPSA) is 37.4 Å².